The van der Waals surface area contributed by atoms with Crippen LogP contribution in [-0.2, 0) is 0 Å². The number of urea groups is 1. The molecule has 98 valence electrons. The molecule has 0 unspecified atom stereocenters. The molecule has 0 atom stereocenters. The number of piperidine rings is 1. The van der Waals surface area contributed by atoms with Gasteiger partial charge in [-0.1, -0.05) is 0 Å². The lowest BCUT2D eigenvalue weighted by Crippen LogP contribution is -2.44. The number of benzene rings is 1. The van der Waals surface area contributed by atoms with Gasteiger partial charge in [0.1, 0.15) is 5.82 Å². The number of anilines is 1. The van der Waals surface area contributed by atoms with Gasteiger partial charge in [0, 0.05) is 11.7 Å². The van der Waals surface area contributed by atoms with Crippen LogP contribution in [-0.4, -0.2) is 37.1 Å². The summed E-state index contributed by atoms with van der Waals surface area (Å²) in [5, 5.41) is 5.63. The van der Waals surface area contributed by atoms with E-state index in [-0.39, 0.29) is 17.9 Å². The molecule has 0 aromatic heterocycles. The van der Waals surface area contributed by atoms with Gasteiger partial charge >= 0.3 is 6.03 Å². The minimum absolute atomic E-state index is 0.224. The minimum Gasteiger partial charge on any atom is -0.335 e. The van der Waals surface area contributed by atoms with Crippen molar-refractivity contribution in [2.75, 3.05) is 25.5 Å². The minimum atomic E-state index is -0.309. The third kappa shape index (κ3) is 3.70. The molecule has 2 amide bonds. The third-order valence-electron chi connectivity index (χ3n) is 3.16. The standard InChI is InChI=1S/C13H18FN3O/c1-17-8-6-12(7-9-17)16-13(18)15-11-4-2-10(14)3-5-11/h2-5,12H,6-9H2,1H3,(H2,15,16,18). The largest absolute Gasteiger partial charge is 0.335 e. The summed E-state index contributed by atoms with van der Waals surface area (Å²) in [5.74, 6) is -0.309. The van der Waals surface area contributed by atoms with Crippen molar-refractivity contribution in [3.8, 4) is 0 Å². The molecular formula is C13H18FN3O. The van der Waals surface area contributed by atoms with Gasteiger partial charge in [0.05, 0.1) is 0 Å². The summed E-state index contributed by atoms with van der Waals surface area (Å²) in [5.41, 5.74) is 0.599. The van der Waals surface area contributed by atoms with Crippen LogP contribution in [0.3, 0.4) is 0 Å². The van der Waals surface area contributed by atoms with Crippen molar-refractivity contribution in [2.45, 2.75) is 18.9 Å². The summed E-state index contributed by atoms with van der Waals surface area (Å²) in [4.78, 5) is 14.0. The summed E-state index contributed by atoms with van der Waals surface area (Å²) < 4.78 is 12.7. The Morgan fingerprint density at radius 2 is 1.89 bits per heavy atom. The summed E-state index contributed by atoms with van der Waals surface area (Å²) in [7, 11) is 2.08. The molecule has 1 aromatic carbocycles. The molecule has 1 heterocycles. The van der Waals surface area contributed by atoms with Gasteiger partial charge in [0.25, 0.3) is 0 Å². The summed E-state index contributed by atoms with van der Waals surface area (Å²) in [6.45, 7) is 2.00. The monoisotopic (exact) mass is 251 g/mol. The van der Waals surface area contributed by atoms with Gasteiger partial charge in [0.2, 0.25) is 0 Å². The number of rotatable bonds is 2. The van der Waals surface area contributed by atoms with Crippen LogP contribution in [0.2, 0.25) is 0 Å². The highest BCUT2D eigenvalue weighted by Gasteiger charge is 2.18. The second-order valence-electron chi connectivity index (χ2n) is 4.68. The average Bonchev–Trinajstić information content (AvgIpc) is 2.35. The number of carbonyl (C=O) groups excluding carboxylic acids is 1. The van der Waals surface area contributed by atoms with Gasteiger partial charge in [-0.05, 0) is 57.2 Å². The molecule has 1 saturated heterocycles. The Labute approximate surface area is 106 Å². The van der Waals surface area contributed by atoms with Crippen LogP contribution in [0.4, 0.5) is 14.9 Å². The van der Waals surface area contributed by atoms with Crippen LogP contribution in [0.5, 0.6) is 0 Å². The smallest absolute Gasteiger partial charge is 0.319 e. The van der Waals surface area contributed by atoms with E-state index in [4.69, 9.17) is 0 Å². The highest BCUT2D eigenvalue weighted by molar-refractivity contribution is 5.89. The molecule has 0 radical (unpaired) electrons. The fourth-order valence-electron chi connectivity index (χ4n) is 2.04. The number of hydrogen-bond donors (Lipinski definition) is 2. The Hall–Kier alpha value is -1.62. The van der Waals surface area contributed by atoms with E-state index in [9.17, 15) is 9.18 Å². The molecule has 0 bridgehead atoms. The molecule has 1 fully saturated rings. The van der Waals surface area contributed by atoms with E-state index >= 15 is 0 Å². The molecule has 1 aliphatic heterocycles. The van der Waals surface area contributed by atoms with E-state index < -0.39 is 0 Å². The summed E-state index contributed by atoms with van der Waals surface area (Å²) in [6.07, 6.45) is 1.93. The molecule has 4 nitrogen and oxygen atoms in total. The van der Waals surface area contributed by atoms with Gasteiger partial charge in [-0.25, -0.2) is 9.18 Å². The second-order valence-corrected chi connectivity index (χ2v) is 4.68. The molecule has 0 aliphatic carbocycles. The van der Waals surface area contributed by atoms with E-state index in [0.717, 1.165) is 25.9 Å². The van der Waals surface area contributed by atoms with Crippen molar-refractivity contribution in [2.24, 2.45) is 0 Å². The molecule has 0 saturated carbocycles. The second kappa shape index (κ2) is 5.82. The lowest BCUT2D eigenvalue weighted by atomic mass is 10.1. The maximum Gasteiger partial charge on any atom is 0.319 e. The summed E-state index contributed by atoms with van der Waals surface area (Å²) in [6, 6.07) is 5.74. The van der Waals surface area contributed by atoms with E-state index in [1.807, 2.05) is 0 Å². The Bertz CT molecular complexity index is 399. The number of nitrogens with zero attached hydrogens (tertiary/aromatic N) is 1. The Kier molecular flexibility index (Phi) is 4.15. The first-order valence-corrected chi connectivity index (χ1v) is 6.15. The van der Waals surface area contributed by atoms with Crippen LogP contribution in [0.15, 0.2) is 24.3 Å². The van der Waals surface area contributed by atoms with Crippen LogP contribution in [0, 0.1) is 5.82 Å². The Morgan fingerprint density at radius 1 is 1.28 bits per heavy atom. The van der Waals surface area contributed by atoms with Crippen LogP contribution >= 0.6 is 0 Å². The number of halogens is 1. The van der Waals surface area contributed by atoms with E-state index in [2.05, 4.69) is 22.6 Å². The highest BCUT2D eigenvalue weighted by atomic mass is 19.1. The molecular weight excluding hydrogens is 233 g/mol. The lowest BCUT2D eigenvalue weighted by Gasteiger charge is -2.29. The van der Waals surface area contributed by atoms with Gasteiger partial charge in [-0.3, -0.25) is 0 Å². The first kappa shape index (κ1) is 12.8. The number of nitrogens with one attached hydrogen (secondary N) is 2. The topological polar surface area (TPSA) is 44.4 Å². The maximum absolute atomic E-state index is 12.7. The van der Waals surface area contributed by atoms with E-state index in [0.29, 0.717) is 5.69 Å². The van der Waals surface area contributed by atoms with Crippen molar-refractivity contribution in [1.82, 2.24) is 10.2 Å². The van der Waals surface area contributed by atoms with Gasteiger partial charge in [-0.2, -0.15) is 0 Å². The lowest BCUT2D eigenvalue weighted by molar-refractivity contribution is 0.221. The predicted molar refractivity (Wildman–Crippen MR) is 69.1 cm³/mol. The SMILES string of the molecule is CN1CCC(NC(=O)Nc2ccc(F)cc2)CC1. The fraction of sp³-hybridized carbons (Fsp3) is 0.462. The first-order chi connectivity index (χ1) is 8.63. The van der Waals surface area contributed by atoms with Gasteiger partial charge in [0.15, 0.2) is 0 Å². The highest BCUT2D eigenvalue weighted by Crippen LogP contribution is 2.10. The van der Waals surface area contributed by atoms with Crippen molar-refractivity contribution in [3.63, 3.8) is 0 Å². The number of carbonyl (C=O) groups is 1. The molecule has 1 aromatic rings. The molecule has 2 rings (SSSR count). The van der Waals surface area contributed by atoms with Crippen molar-refractivity contribution < 1.29 is 9.18 Å². The Balaban J connectivity index is 1.80. The number of hydrogen-bond acceptors (Lipinski definition) is 2. The zero-order chi connectivity index (χ0) is 13.0. The Morgan fingerprint density at radius 3 is 2.50 bits per heavy atom. The van der Waals surface area contributed by atoms with Crippen LogP contribution < -0.4 is 10.6 Å². The predicted octanol–water partition coefficient (Wildman–Crippen LogP) is 2.04. The van der Waals surface area contributed by atoms with E-state index in [1.54, 1.807) is 12.1 Å². The van der Waals surface area contributed by atoms with Crippen molar-refractivity contribution in [1.29, 1.82) is 0 Å². The zero-order valence-corrected chi connectivity index (χ0v) is 10.4. The molecule has 5 heteroatoms. The van der Waals surface area contributed by atoms with Crippen LogP contribution in [0.1, 0.15) is 12.8 Å². The summed E-state index contributed by atoms with van der Waals surface area (Å²) >= 11 is 0. The van der Waals surface area contributed by atoms with Gasteiger partial charge in [-0.15, -0.1) is 0 Å². The number of amides is 2. The molecule has 0 spiro atoms. The fourth-order valence-corrected chi connectivity index (χ4v) is 2.04. The quantitative estimate of drug-likeness (QED) is 0.845. The molecule has 18 heavy (non-hydrogen) atoms. The molecule has 2 N–H and O–H groups in total. The van der Waals surface area contributed by atoms with E-state index in [1.165, 1.54) is 12.1 Å². The molecule has 1 aliphatic rings. The normalized spacial score (nSPS) is 17.4. The number of likely N-dealkylation sites (tertiary alicyclic amines) is 1. The third-order valence-corrected chi connectivity index (χ3v) is 3.16. The maximum atomic E-state index is 12.7. The first-order valence-electron chi connectivity index (χ1n) is 6.15. The van der Waals surface area contributed by atoms with Crippen molar-refractivity contribution >= 4 is 11.7 Å². The average molecular weight is 251 g/mol. The zero-order valence-electron chi connectivity index (χ0n) is 10.4. The van der Waals surface area contributed by atoms with Gasteiger partial charge < -0.3 is 15.5 Å². The van der Waals surface area contributed by atoms with Crippen molar-refractivity contribution in [3.05, 3.63) is 30.1 Å². The van der Waals surface area contributed by atoms with Crippen LogP contribution in [0.25, 0.3) is 0 Å².